The van der Waals surface area contributed by atoms with Crippen molar-refractivity contribution < 1.29 is 14.8 Å². The fourth-order valence-electron chi connectivity index (χ4n) is 1.59. The lowest BCUT2D eigenvalue weighted by Crippen LogP contribution is -2.04. The van der Waals surface area contributed by atoms with E-state index >= 15 is 0 Å². The maximum Gasteiger partial charge on any atom is 0.343 e. The number of hydrogen-bond acceptors (Lipinski definition) is 4. The molecule has 96 valence electrons. The summed E-state index contributed by atoms with van der Waals surface area (Å²) in [5.74, 6) is -1.30. The molecule has 0 fully saturated rings. The van der Waals surface area contributed by atoms with Crippen molar-refractivity contribution in [2.24, 2.45) is 0 Å². The largest absolute Gasteiger partial charge is 0.477 e. The van der Waals surface area contributed by atoms with Crippen LogP contribution in [0.15, 0.2) is 58.3 Å². The van der Waals surface area contributed by atoms with E-state index in [-0.39, 0.29) is 5.56 Å². The molecule has 0 bridgehead atoms. The average Bonchev–Trinajstić information content (AvgIpc) is 2.39. The van der Waals surface area contributed by atoms with E-state index in [1.165, 1.54) is 23.9 Å². The molecule has 0 aliphatic carbocycles. The number of nitro groups is 1. The first-order valence-corrected chi connectivity index (χ1v) is 6.15. The Morgan fingerprint density at radius 3 is 2.37 bits per heavy atom. The van der Waals surface area contributed by atoms with Gasteiger partial charge in [-0.15, -0.1) is 0 Å². The number of nitro benzene ring substituents is 1. The van der Waals surface area contributed by atoms with E-state index in [0.717, 1.165) is 4.90 Å². The van der Waals surface area contributed by atoms with Crippen LogP contribution in [0.5, 0.6) is 0 Å². The monoisotopic (exact) mass is 275 g/mol. The Labute approximate surface area is 113 Å². The van der Waals surface area contributed by atoms with E-state index in [1.807, 2.05) is 30.3 Å². The van der Waals surface area contributed by atoms with Crippen LogP contribution in [0.25, 0.3) is 0 Å². The Morgan fingerprint density at radius 2 is 1.79 bits per heavy atom. The molecule has 0 amide bonds. The molecule has 1 N–H and O–H groups in total. The van der Waals surface area contributed by atoms with Crippen molar-refractivity contribution in [2.75, 3.05) is 0 Å². The molecule has 0 saturated carbocycles. The first-order valence-electron chi connectivity index (χ1n) is 5.33. The molecule has 0 spiro atoms. The number of carbonyl (C=O) groups is 1. The predicted molar refractivity (Wildman–Crippen MR) is 70.6 cm³/mol. The number of aromatic carboxylic acids is 1. The van der Waals surface area contributed by atoms with Crippen molar-refractivity contribution in [2.45, 2.75) is 9.79 Å². The number of carboxylic acid groups (broad SMARTS) is 1. The molecule has 0 atom stereocenters. The standard InChI is InChI=1S/C13H9NO4S/c15-13(16)12-10(14(17)18)7-4-8-11(12)19-9-5-2-1-3-6-9/h1-8H,(H,15,16). The number of carboxylic acids is 1. The van der Waals surface area contributed by atoms with Crippen LogP contribution < -0.4 is 0 Å². The van der Waals surface area contributed by atoms with Gasteiger partial charge in [0.05, 0.1) is 4.92 Å². The highest BCUT2D eigenvalue weighted by atomic mass is 32.2. The molecule has 2 aromatic carbocycles. The van der Waals surface area contributed by atoms with E-state index in [2.05, 4.69) is 0 Å². The zero-order chi connectivity index (χ0) is 13.8. The van der Waals surface area contributed by atoms with Crippen molar-refractivity contribution in [3.8, 4) is 0 Å². The zero-order valence-corrected chi connectivity index (χ0v) is 10.5. The van der Waals surface area contributed by atoms with Crippen LogP contribution in [-0.4, -0.2) is 16.0 Å². The van der Waals surface area contributed by atoms with Crippen LogP contribution in [0, 0.1) is 10.1 Å². The highest BCUT2D eigenvalue weighted by molar-refractivity contribution is 7.99. The molecular weight excluding hydrogens is 266 g/mol. The smallest absolute Gasteiger partial charge is 0.343 e. The molecule has 6 heteroatoms. The zero-order valence-electron chi connectivity index (χ0n) is 9.65. The second-order valence-corrected chi connectivity index (χ2v) is 4.74. The summed E-state index contributed by atoms with van der Waals surface area (Å²) in [5, 5.41) is 20.0. The second-order valence-electron chi connectivity index (χ2n) is 3.63. The van der Waals surface area contributed by atoms with Crippen LogP contribution in [0.2, 0.25) is 0 Å². The minimum absolute atomic E-state index is 0.277. The quantitative estimate of drug-likeness (QED) is 0.682. The van der Waals surface area contributed by atoms with Gasteiger partial charge in [-0.05, 0) is 18.2 Å². The summed E-state index contributed by atoms with van der Waals surface area (Å²) in [4.78, 5) is 22.6. The van der Waals surface area contributed by atoms with Gasteiger partial charge in [-0.1, -0.05) is 36.0 Å². The van der Waals surface area contributed by atoms with Crippen LogP contribution in [0.4, 0.5) is 5.69 Å². The number of benzene rings is 2. The Kier molecular flexibility index (Phi) is 3.82. The van der Waals surface area contributed by atoms with Gasteiger partial charge in [-0.25, -0.2) is 4.79 Å². The van der Waals surface area contributed by atoms with Crippen molar-refractivity contribution in [3.63, 3.8) is 0 Å². The van der Waals surface area contributed by atoms with Gasteiger partial charge in [0, 0.05) is 15.9 Å². The summed E-state index contributed by atoms with van der Waals surface area (Å²) < 4.78 is 0. The number of rotatable bonds is 4. The molecule has 0 saturated heterocycles. The summed E-state index contributed by atoms with van der Waals surface area (Å²) in [7, 11) is 0. The number of nitrogens with zero attached hydrogens (tertiary/aromatic N) is 1. The van der Waals surface area contributed by atoms with Crippen molar-refractivity contribution in [1.82, 2.24) is 0 Å². The van der Waals surface area contributed by atoms with Gasteiger partial charge >= 0.3 is 5.97 Å². The van der Waals surface area contributed by atoms with Gasteiger partial charge in [-0.3, -0.25) is 10.1 Å². The molecule has 0 aliphatic heterocycles. The molecule has 5 nitrogen and oxygen atoms in total. The van der Waals surface area contributed by atoms with E-state index in [9.17, 15) is 14.9 Å². The summed E-state index contributed by atoms with van der Waals surface area (Å²) in [5.41, 5.74) is -0.671. The molecule has 0 aromatic heterocycles. The molecular formula is C13H9NO4S. The number of hydrogen-bond donors (Lipinski definition) is 1. The first-order chi connectivity index (χ1) is 9.09. The third-order valence-corrected chi connectivity index (χ3v) is 3.45. The highest BCUT2D eigenvalue weighted by Gasteiger charge is 2.23. The molecule has 2 rings (SSSR count). The van der Waals surface area contributed by atoms with E-state index in [1.54, 1.807) is 6.07 Å². The van der Waals surface area contributed by atoms with Crippen molar-refractivity contribution >= 4 is 23.4 Å². The maximum absolute atomic E-state index is 11.2. The van der Waals surface area contributed by atoms with Gasteiger partial charge < -0.3 is 5.11 Å². The molecule has 0 radical (unpaired) electrons. The van der Waals surface area contributed by atoms with Gasteiger partial charge in [0.15, 0.2) is 5.56 Å². The van der Waals surface area contributed by atoms with Gasteiger partial charge in [-0.2, -0.15) is 0 Å². The Morgan fingerprint density at radius 1 is 1.11 bits per heavy atom. The molecule has 0 unspecified atom stereocenters. The summed E-state index contributed by atoms with van der Waals surface area (Å²) in [6.07, 6.45) is 0. The SMILES string of the molecule is O=C(O)c1c(Sc2ccccc2)cccc1[N+](=O)[O-]. The molecule has 19 heavy (non-hydrogen) atoms. The van der Waals surface area contributed by atoms with Crippen LogP contribution in [-0.2, 0) is 0 Å². The van der Waals surface area contributed by atoms with E-state index in [0.29, 0.717) is 4.90 Å². The normalized spacial score (nSPS) is 10.1. The fraction of sp³-hybridized carbons (Fsp3) is 0. The van der Waals surface area contributed by atoms with Crippen LogP contribution in [0.1, 0.15) is 10.4 Å². The van der Waals surface area contributed by atoms with Gasteiger partial charge in [0.25, 0.3) is 5.69 Å². The Bertz CT molecular complexity index is 628. The predicted octanol–water partition coefficient (Wildman–Crippen LogP) is 3.44. The lowest BCUT2D eigenvalue weighted by molar-refractivity contribution is -0.385. The fourth-order valence-corrected chi connectivity index (χ4v) is 2.57. The van der Waals surface area contributed by atoms with E-state index < -0.39 is 16.6 Å². The van der Waals surface area contributed by atoms with E-state index in [4.69, 9.17) is 5.11 Å². The first kappa shape index (κ1) is 13.1. The van der Waals surface area contributed by atoms with Crippen LogP contribution >= 0.6 is 11.8 Å². The minimum atomic E-state index is -1.30. The van der Waals surface area contributed by atoms with Gasteiger partial charge in [0.2, 0.25) is 0 Å². The summed E-state index contributed by atoms with van der Waals surface area (Å²) in [6.45, 7) is 0. The Hall–Kier alpha value is -2.34. The minimum Gasteiger partial charge on any atom is -0.477 e. The third kappa shape index (κ3) is 2.92. The lowest BCUT2D eigenvalue weighted by atomic mass is 10.2. The average molecular weight is 275 g/mol. The third-order valence-electron chi connectivity index (χ3n) is 2.39. The molecule has 0 heterocycles. The highest BCUT2D eigenvalue weighted by Crippen LogP contribution is 2.34. The van der Waals surface area contributed by atoms with Crippen LogP contribution in [0.3, 0.4) is 0 Å². The molecule has 2 aromatic rings. The van der Waals surface area contributed by atoms with Crippen molar-refractivity contribution in [1.29, 1.82) is 0 Å². The topological polar surface area (TPSA) is 80.4 Å². The second kappa shape index (κ2) is 5.53. The maximum atomic E-state index is 11.2. The lowest BCUT2D eigenvalue weighted by Gasteiger charge is -2.06. The van der Waals surface area contributed by atoms with Gasteiger partial charge in [0.1, 0.15) is 0 Å². The summed E-state index contributed by atoms with van der Waals surface area (Å²) in [6, 6.07) is 13.3. The summed E-state index contributed by atoms with van der Waals surface area (Å²) >= 11 is 1.19. The Balaban J connectivity index is 2.48. The van der Waals surface area contributed by atoms with Crippen molar-refractivity contribution in [3.05, 3.63) is 64.2 Å². The molecule has 0 aliphatic rings.